The number of hydrogen-bond acceptors (Lipinski definition) is 2. The molecule has 88 valence electrons. The largest absolute Gasteiger partial charge is 0.328 e. The average molecular weight is 260 g/mol. The Balaban J connectivity index is 2.62. The fourth-order valence-corrected chi connectivity index (χ4v) is 1.83. The van der Waals surface area contributed by atoms with Gasteiger partial charge in [-0.1, -0.05) is 23.2 Å². The quantitative estimate of drug-likeness (QED) is 0.820. The van der Waals surface area contributed by atoms with Crippen molar-refractivity contribution >= 4 is 29.0 Å². The Hall–Kier alpha value is -0.570. The minimum absolute atomic E-state index is 0.0214. The highest BCUT2D eigenvalue weighted by atomic mass is 35.5. The molecule has 16 heavy (non-hydrogen) atoms. The van der Waals surface area contributed by atoms with E-state index in [-0.39, 0.29) is 11.8 Å². The molecule has 2 nitrogen and oxygen atoms in total. The molecule has 0 saturated carbocycles. The summed E-state index contributed by atoms with van der Waals surface area (Å²) >= 11 is 11.7. The van der Waals surface area contributed by atoms with Crippen LogP contribution in [0.4, 0.5) is 0 Å². The lowest BCUT2D eigenvalue weighted by atomic mass is 10.0. The van der Waals surface area contributed by atoms with Crippen LogP contribution in [-0.4, -0.2) is 11.8 Å². The summed E-state index contributed by atoms with van der Waals surface area (Å²) < 4.78 is 0. The van der Waals surface area contributed by atoms with Crippen LogP contribution in [0.25, 0.3) is 0 Å². The van der Waals surface area contributed by atoms with Gasteiger partial charge in [-0.25, -0.2) is 0 Å². The van der Waals surface area contributed by atoms with Crippen molar-refractivity contribution in [1.29, 1.82) is 0 Å². The molecule has 1 atom stereocenters. The Morgan fingerprint density at radius 2 is 2.12 bits per heavy atom. The Morgan fingerprint density at radius 1 is 1.44 bits per heavy atom. The van der Waals surface area contributed by atoms with E-state index < -0.39 is 0 Å². The summed E-state index contributed by atoms with van der Waals surface area (Å²) in [5.41, 5.74) is 6.11. The lowest BCUT2D eigenvalue weighted by Gasteiger charge is -2.06. The van der Waals surface area contributed by atoms with E-state index in [2.05, 4.69) is 0 Å². The van der Waals surface area contributed by atoms with Gasteiger partial charge in [0.2, 0.25) is 0 Å². The first-order valence-corrected chi connectivity index (χ1v) is 6.00. The van der Waals surface area contributed by atoms with Crippen molar-refractivity contribution in [3.05, 3.63) is 33.8 Å². The van der Waals surface area contributed by atoms with Crippen LogP contribution < -0.4 is 5.73 Å². The van der Waals surface area contributed by atoms with Crippen molar-refractivity contribution in [2.75, 3.05) is 0 Å². The molecule has 0 spiro atoms. The molecule has 0 bridgehead atoms. The molecule has 0 fully saturated rings. The summed E-state index contributed by atoms with van der Waals surface area (Å²) in [6.07, 6.45) is 2.07. The van der Waals surface area contributed by atoms with Crippen molar-refractivity contribution in [3.8, 4) is 0 Å². The number of Topliss-reactive ketones (excluding diaryl/α,β-unsaturated/α-hetero) is 1. The number of nitrogens with two attached hydrogens (primary N) is 1. The molecular formula is C12H15Cl2NO. The number of benzene rings is 1. The molecule has 1 rings (SSSR count). The fourth-order valence-electron chi connectivity index (χ4n) is 1.43. The topological polar surface area (TPSA) is 43.1 Å². The van der Waals surface area contributed by atoms with Gasteiger partial charge in [0.05, 0.1) is 5.02 Å². The predicted molar refractivity (Wildman–Crippen MR) is 68.3 cm³/mol. The van der Waals surface area contributed by atoms with E-state index in [1.54, 1.807) is 18.2 Å². The van der Waals surface area contributed by atoms with Crippen LogP contribution in [0.2, 0.25) is 10.0 Å². The summed E-state index contributed by atoms with van der Waals surface area (Å²) in [5, 5.41) is 0.982. The summed E-state index contributed by atoms with van der Waals surface area (Å²) in [7, 11) is 0. The Kier molecular flexibility index (Phi) is 5.26. The molecule has 0 aliphatic heterocycles. The maximum absolute atomic E-state index is 11.8. The second-order valence-electron chi connectivity index (χ2n) is 3.92. The maximum atomic E-state index is 11.8. The number of ketones is 1. The molecule has 2 N–H and O–H groups in total. The van der Waals surface area contributed by atoms with Gasteiger partial charge in [0, 0.05) is 23.0 Å². The zero-order valence-electron chi connectivity index (χ0n) is 9.17. The molecule has 0 radical (unpaired) electrons. The zero-order valence-corrected chi connectivity index (χ0v) is 10.7. The lowest BCUT2D eigenvalue weighted by Crippen LogP contribution is -2.14. The first-order chi connectivity index (χ1) is 7.50. The molecule has 1 aromatic rings. The Labute approximate surface area is 106 Å². The maximum Gasteiger partial charge on any atom is 0.164 e. The Morgan fingerprint density at radius 3 is 2.75 bits per heavy atom. The number of carbonyl (C=O) groups is 1. The molecule has 0 aliphatic carbocycles. The van der Waals surface area contributed by atoms with Gasteiger partial charge in [0.1, 0.15) is 0 Å². The summed E-state index contributed by atoms with van der Waals surface area (Å²) in [6.45, 7) is 1.93. The average Bonchev–Trinajstić information content (AvgIpc) is 2.21. The SMILES string of the molecule is CC(N)CCCC(=O)c1cc(Cl)ccc1Cl. The van der Waals surface area contributed by atoms with E-state index in [1.165, 1.54) is 0 Å². The molecule has 4 heteroatoms. The van der Waals surface area contributed by atoms with Gasteiger partial charge >= 0.3 is 0 Å². The third-order valence-corrected chi connectivity index (χ3v) is 2.86. The van der Waals surface area contributed by atoms with Gasteiger partial charge in [0.25, 0.3) is 0 Å². The lowest BCUT2D eigenvalue weighted by molar-refractivity contribution is 0.0979. The number of halogens is 2. The van der Waals surface area contributed by atoms with E-state index >= 15 is 0 Å². The third-order valence-electron chi connectivity index (χ3n) is 2.29. The molecule has 0 saturated heterocycles. The minimum Gasteiger partial charge on any atom is -0.328 e. The molecule has 0 aliphatic rings. The zero-order chi connectivity index (χ0) is 12.1. The minimum atomic E-state index is 0.0214. The van der Waals surface area contributed by atoms with E-state index in [4.69, 9.17) is 28.9 Å². The molecule has 1 unspecified atom stereocenters. The summed E-state index contributed by atoms with van der Waals surface area (Å²) in [6, 6.07) is 5.05. The van der Waals surface area contributed by atoms with E-state index in [9.17, 15) is 4.79 Å². The van der Waals surface area contributed by atoms with Crippen LogP contribution in [0.15, 0.2) is 18.2 Å². The van der Waals surface area contributed by atoms with Crippen LogP contribution in [0.3, 0.4) is 0 Å². The molecule has 0 amide bonds. The highest BCUT2D eigenvalue weighted by Crippen LogP contribution is 2.22. The number of rotatable bonds is 5. The van der Waals surface area contributed by atoms with Gasteiger partial charge in [0.15, 0.2) is 5.78 Å². The van der Waals surface area contributed by atoms with Crippen LogP contribution in [0.5, 0.6) is 0 Å². The van der Waals surface area contributed by atoms with E-state index in [0.29, 0.717) is 22.0 Å². The molecular weight excluding hydrogens is 245 g/mol. The van der Waals surface area contributed by atoms with Gasteiger partial charge in [-0.05, 0) is 38.0 Å². The van der Waals surface area contributed by atoms with Crippen LogP contribution >= 0.6 is 23.2 Å². The van der Waals surface area contributed by atoms with Gasteiger partial charge in [-0.3, -0.25) is 4.79 Å². The van der Waals surface area contributed by atoms with Crippen LogP contribution in [-0.2, 0) is 0 Å². The monoisotopic (exact) mass is 259 g/mol. The summed E-state index contributed by atoms with van der Waals surface area (Å²) in [4.78, 5) is 11.8. The van der Waals surface area contributed by atoms with Crippen molar-refractivity contribution < 1.29 is 4.79 Å². The first-order valence-electron chi connectivity index (χ1n) is 5.24. The molecule has 0 heterocycles. The second-order valence-corrected chi connectivity index (χ2v) is 4.76. The normalized spacial score (nSPS) is 12.5. The van der Waals surface area contributed by atoms with Crippen molar-refractivity contribution in [3.63, 3.8) is 0 Å². The van der Waals surface area contributed by atoms with Gasteiger partial charge in [-0.15, -0.1) is 0 Å². The van der Waals surface area contributed by atoms with E-state index in [1.807, 2.05) is 6.92 Å². The number of hydrogen-bond donors (Lipinski definition) is 1. The van der Waals surface area contributed by atoms with E-state index in [0.717, 1.165) is 12.8 Å². The molecule has 1 aromatic carbocycles. The highest BCUT2D eigenvalue weighted by Gasteiger charge is 2.10. The van der Waals surface area contributed by atoms with Crippen LogP contribution in [0.1, 0.15) is 36.5 Å². The van der Waals surface area contributed by atoms with Gasteiger partial charge < -0.3 is 5.73 Å². The fraction of sp³-hybridized carbons (Fsp3) is 0.417. The van der Waals surface area contributed by atoms with Gasteiger partial charge in [-0.2, -0.15) is 0 Å². The Bertz CT molecular complexity index is 377. The third kappa shape index (κ3) is 4.12. The second kappa shape index (κ2) is 6.24. The summed E-state index contributed by atoms with van der Waals surface area (Å²) in [5.74, 6) is 0.0214. The number of carbonyl (C=O) groups excluding carboxylic acids is 1. The van der Waals surface area contributed by atoms with Crippen molar-refractivity contribution in [2.24, 2.45) is 5.73 Å². The molecule has 0 aromatic heterocycles. The van der Waals surface area contributed by atoms with Crippen molar-refractivity contribution in [1.82, 2.24) is 0 Å². The first kappa shape index (κ1) is 13.5. The predicted octanol–water partition coefficient (Wildman–Crippen LogP) is 3.69. The smallest absolute Gasteiger partial charge is 0.164 e. The van der Waals surface area contributed by atoms with Crippen LogP contribution in [0, 0.1) is 0 Å². The van der Waals surface area contributed by atoms with Crippen molar-refractivity contribution in [2.45, 2.75) is 32.2 Å². The standard InChI is InChI=1S/C12H15Cl2NO/c1-8(15)3-2-4-12(16)10-7-9(13)5-6-11(10)14/h5-8H,2-4,15H2,1H3. The highest BCUT2D eigenvalue weighted by molar-refractivity contribution is 6.35.